The first kappa shape index (κ1) is 11.7. The van der Waals surface area contributed by atoms with E-state index in [1.807, 2.05) is 26.0 Å². The molecule has 0 aliphatic carbocycles. The van der Waals surface area contributed by atoms with Crippen LogP contribution in [-0.2, 0) is 11.3 Å². The van der Waals surface area contributed by atoms with Crippen molar-refractivity contribution in [2.45, 2.75) is 26.4 Å². The third kappa shape index (κ3) is 3.32. The van der Waals surface area contributed by atoms with Gasteiger partial charge in [-0.1, -0.05) is 6.07 Å². The topological polar surface area (TPSA) is 54.0 Å². The molecule has 1 amide bonds. The van der Waals surface area contributed by atoms with Crippen LogP contribution >= 0.6 is 0 Å². The van der Waals surface area contributed by atoms with E-state index in [1.165, 1.54) is 0 Å². The Morgan fingerprint density at radius 3 is 2.93 bits per heavy atom. The Morgan fingerprint density at radius 2 is 2.33 bits per heavy atom. The summed E-state index contributed by atoms with van der Waals surface area (Å²) in [4.78, 5) is 15.5. The summed E-state index contributed by atoms with van der Waals surface area (Å²) in [5, 5.41) is 5.71. The van der Waals surface area contributed by atoms with Crippen molar-refractivity contribution >= 4 is 5.91 Å². The van der Waals surface area contributed by atoms with E-state index in [9.17, 15) is 4.79 Å². The molecule has 15 heavy (non-hydrogen) atoms. The molecule has 4 nitrogen and oxygen atoms in total. The van der Waals surface area contributed by atoms with Gasteiger partial charge in [0, 0.05) is 19.8 Å². The van der Waals surface area contributed by atoms with Gasteiger partial charge in [0.05, 0.1) is 11.7 Å². The molecule has 0 saturated carbocycles. The predicted octanol–water partition coefficient (Wildman–Crippen LogP) is 0.614. The van der Waals surface area contributed by atoms with Gasteiger partial charge in [0.15, 0.2) is 0 Å². The highest BCUT2D eigenvalue weighted by Crippen LogP contribution is 2.02. The van der Waals surface area contributed by atoms with Gasteiger partial charge in [0.2, 0.25) is 5.91 Å². The Morgan fingerprint density at radius 1 is 1.60 bits per heavy atom. The summed E-state index contributed by atoms with van der Waals surface area (Å²) in [6, 6.07) is 3.71. The highest BCUT2D eigenvalue weighted by atomic mass is 16.2. The highest BCUT2D eigenvalue weighted by Gasteiger charge is 2.10. The van der Waals surface area contributed by atoms with Crippen LogP contribution in [0.5, 0.6) is 0 Å². The lowest BCUT2D eigenvalue weighted by atomic mass is 10.2. The monoisotopic (exact) mass is 207 g/mol. The minimum Gasteiger partial charge on any atom is -0.358 e. The number of hydrogen-bond donors (Lipinski definition) is 2. The first-order chi connectivity index (χ1) is 7.15. The molecule has 0 aromatic carbocycles. The second-order valence-corrected chi connectivity index (χ2v) is 3.48. The minimum atomic E-state index is -0.198. The number of amides is 1. The maximum absolute atomic E-state index is 11.2. The van der Waals surface area contributed by atoms with Gasteiger partial charge in [-0.15, -0.1) is 0 Å². The van der Waals surface area contributed by atoms with Crippen LogP contribution < -0.4 is 10.6 Å². The van der Waals surface area contributed by atoms with Gasteiger partial charge in [-0.2, -0.15) is 0 Å². The smallest absolute Gasteiger partial charge is 0.236 e. The second-order valence-electron chi connectivity index (χ2n) is 3.48. The fourth-order valence-corrected chi connectivity index (χ4v) is 1.26. The zero-order chi connectivity index (χ0) is 11.3. The molecule has 0 fully saturated rings. The van der Waals surface area contributed by atoms with Crippen molar-refractivity contribution in [2.75, 3.05) is 7.05 Å². The molecular weight excluding hydrogens is 190 g/mol. The molecule has 0 spiro atoms. The number of nitrogens with one attached hydrogen (secondary N) is 2. The van der Waals surface area contributed by atoms with E-state index in [1.54, 1.807) is 13.2 Å². The lowest BCUT2D eigenvalue weighted by Crippen LogP contribution is -2.40. The van der Waals surface area contributed by atoms with Gasteiger partial charge in [-0.05, 0) is 25.5 Å². The van der Waals surface area contributed by atoms with Crippen LogP contribution in [-0.4, -0.2) is 24.0 Å². The number of nitrogens with zero attached hydrogens (tertiary/aromatic N) is 1. The molecule has 1 unspecified atom stereocenters. The van der Waals surface area contributed by atoms with Gasteiger partial charge < -0.3 is 10.6 Å². The standard InChI is InChI=1S/C11H17N3O/c1-8-5-4-6-13-10(8)7-14-9(2)11(15)12-3/h4-6,9,14H,7H2,1-3H3,(H,12,15). The number of carbonyl (C=O) groups is 1. The Kier molecular flexibility index (Phi) is 4.24. The number of aryl methyl sites for hydroxylation is 1. The highest BCUT2D eigenvalue weighted by molar-refractivity contribution is 5.80. The molecule has 82 valence electrons. The third-order valence-electron chi connectivity index (χ3n) is 2.33. The predicted molar refractivity (Wildman–Crippen MR) is 59.3 cm³/mol. The molecule has 0 aliphatic heterocycles. The number of carbonyl (C=O) groups excluding carboxylic acids is 1. The average Bonchev–Trinajstić information content (AvgIpc) is 2.26. The lowest BCUT2D eigenvalue weighted by Gasteiger charge is -2.12. The molecular formula is C11H17N3O. The minimum absolute atomic E-state index is 0.0106. The van der Waals surface area contributed by atoms with E-state index in [0.29, 0.717) is 6.54 Å². The number of hydrogen-bond acceptors (Lipinski definition) is 3. The Hall–Kier alpha value is -1.42. The number of pyridine rings is 1. The van der Waals surface area contributed by atoms with Crippen LogP contribution in [0.25, 0.3) is 0 Å². The summed E-state index contributed by atoms with van der Waals surface area (Å²) in [7, 11) is 1.63. The molecule has 0 aliphatic rings. The van der Waals surface area contributed by atoms with Gasteiger partial charge in [0.25, 0.3) is 0 Å². The summed E-state index contributed by atoms with van der Waals surface area (Å²) in [6.07, 6.45) is 1.76. The largest absolute Gasteiger partial charge is 0.358 e. The zero-order valence-corrected chi connectivity index (χ0v) is 9.37. The van der Waals surface area contributed by atoms with Crippen LogP contribution in [0.4, 0.5) is 0 Å². The van der Waals surface area contributed by atoms with Crippen molar-refractivity contribution in [2.24, 2.45) is 0 Å². The zero-order valence-electron chi connectivity index (χ0n) is 9.37. The normalized spacial score (nSPS) is 12.2. The molecule has 1 rings (SSSR count). The van der Waals surface area contributed by atoms with E-state index in [0.717, 1.165) is 11.3 Å². The van der Waals surface area contributed by atoms with Crippen LogP contribution in [0.2, 0.25) is 0 Å². The molecule has 1 atom stereocenters. The summed E-state index contributed by atoms with van der Waals surface area (Å²) in [6.45, 7) is 4.45. The summed E-state index contributed by atoms with van der Waals surface area (Å²) in [5.74, 6) is -0.0106. The fraction of sp³-hybridized carbons (Fsp3) is 0.455. The fourth-order valence-electron chi connectivity index (χ4n) is 1.26. The van der Waals surface area contributed by atoms with E-state index >= 15 is 0 Å². The molecule has 1 heterocycles. The van der Waals surface area contributed by atoms with Gasteiger partial charge >= 0.3 is 0 Å². The molecule has 0 radical (unpaired) electrons. The lowest BCUT2D eigenvalue weighted by molar-refractivity contribution is -0.122. The molecule has 1 aromatic rings. The summed E-state index contributed by atoms with van der Waals surface area (Å²) >= 11 is 0. The Bertz CT molecular complexity index is 338. The summed E-state index contributed by atoms with van der Waals surface area (Å²) < 4.78 is 0. The molecule has 2 N–H and O–H groups in total. The van der Waals surface area contributed by atoms with Crippen molar-refractivity contribution in [3.05, 3.63) is 29.6 Å². The van der Waals surface area contributed by atoms with Crippen molar-refractivity contribution in [1.29, 1.82) is 0 Å². The van der Waals surface area contributed by atoms with Crippen LogP contribution in [0, 0.1) is 6.92 Å². The molecule has 1 aromatic heterocycles. The van der Waals surface area contributed by atoms with E-state index in [4.69, 9.17) is 0 Å². The van der Waals surface area contributed by atoms with E-state index in [2.05, 4.69) is 15.6 Å². The maximum atomic E-state index is 11.2. The SMILES string of the molecule is CNC(=O)C(C)NCc1ncccc1C. The van der Waals surface area contributed by atoms with E-state index in [-0.39, 0.29) is 11.9 Å². The van der Waals surface area contributed by atoms with E-state index < -0.39 is 0 Å². The van der Waals surface area contributed by atoms with Gasteiger partial charge in [0.1, 0.15) is 0 Å². The van der Waals surface area contributed by atoms with Gasteiger partial charge in [-0.3, -0.25) is 9.78 Å². The number of aromatic nitrogens is 1. The first-order valence-electron chi connectivity index (χ1n) is 5.00. The Labute approximate surface area is 90.1 Å². The molecule has 4 heteroatoms. The molecule has 0 saturated heterocycles. The van der Waals surface area contributed by atoms with Crippen molar-refractivity contribution in [3.8, 4) is 0 Å². The van der Waals surface area contributed by atoms with Crippen molar-refractivity contribution in [1.82, 2.24) is 15.6 Å². The number of likely N-dealkylation sites (N-methyl/N-ethyl adjacent to an activating group) is 1. The second kappa shape index (κ2) is 5.46. The molecule has 0 bridgehead atoms. The van der Waals surface area contributed by atoms with Crippen LogP contribution in [0.15, 0.2) is 18.3 Å². The van der Waals surface area contributed by atoms with Crippen molar-refractivity contribution in [3.63, 3.8) is 0 Å². The number of rotatable bonds is 4. The maximum Gasteiger partial charge on any atom is 0.236 e. The quantitative estimate of drug-likeness (QED) is 0.760. The average molecular weight is 207 g/mol. The van der Waals surface area contributed by atoms with Gasteiger partial charge in [-0.25, -0.2) is 0 Å². The Balaban J connectivity index is 2.50. The summed E-state index contributed by atoms with van der Waals surface area (Å²) in [5.41, 5.74) is 2.11. The third-order valence-corrected chi connectivity index (χ3v) is 2.33. The van der Waals surface area contributed by atoms with Crippen LogP contribution in [0.3, 0.4) is 0 Å². The first-order valence-corrected chi connectivity index (χ1v) is 5.00. The van der Waals surface area contributed by atoms with Crippen molar-refractivity contribution < 1.29 is 4.79 Å². The van der Waals surface area contributed by atoms with Crippen LogP contribution in [0.1, 0.15) is 18.2 Å².